The lowest BCUT2D eigenvalue weighted by molar-refractivity contribution is -0.163. The molecule has 11 nitrogen and oxygen atoms in total. The summed E-state index contributed by atoms with van der Waals surface area (Å²) >= 11 is 3.77. The first-order chi connectivity index (χ1) is 25.5. The summed E-state index contributed by atoms with van der Waals surface area (Å²) in [5.41, 5.74) is 1.88. The molecule has 0 radical (unpaired) electrons. The van der Waals surface area contributed by atoms with Gasteiger partial charge in [-0.25, -0.2) is 0 Å². The number of methoxy groups -OCH3 is 1. The van der Waals surface area contributed by atoms with Crippen molar-refractivity contribution in [3.05, 3.63) is 90.5 Å². The van der Waals surface area contributed by atoms with Gasteiger partial charge < -0.3 is 34.4 Å². The molecular weight excluding hydrogens is 742 g/mol. The number of rotatable bonds is 19. The number of hydrogen-bond acceptors (Lipinski definition) is 8. The molecule has 0 aliphatic carbocycles. The van der Waals surface area contributed by atoms with Crippen LogP contribution in [0.4, 0.5) is 5.69 Å². The minimum atomic E-state index is -1.31. The van der Waals surface area contributed by atoms with Gasteiger partial charge >= 0.3 is 5.97 Å². The van der Waals surface area contributed by atoms with Crippen molar-refractivity contribution in [3.8, 4) is 0 Å². The molecular formula is C41H52BrN3O8. The highest BCUT2D eigenvalue weighted by molar-refractivity contribution is 9.09. The highest BCUT2D eigenvalue weighted by atomic mass is 79.9. The third kappa shape index (κ3) is 8.16. The third-order valence-corrected chi connectivity index (χ3v) is 11.5. The summed E-state index contributed by atoms with van der Waals surface area (Å²) < 4.78 is 18.6. The number of alkyl halides is 1. The van der Waals surface area contributed by atoms with E-state index >= 15 is 4.79 Å². The van der Waals surface area contributed by atoms with Crippen LogP contribution in [0.5, 0.6) is 0 Å². The number of aliphatic hydroxyl groups excluding tert-OH is 1. The lowest BCUT2D eigenvalue weighted by atomic mass is 9.70. The number of amides is 3. The Bertz CT molecular complexity index is 1630. The van der Waals surface area contributed by atoms with Crippen LogP contribution in [0.2, 0.25) is 0 Å². The van der Waals surface area contributed by atoms with E-state index in [0.29, 0.717) is 37.7 Å². The predicted molar refractivity (Wildman–Crippen MR) is 205 cm³/mol. The van der Waals surface area contributed by atoms with Gasteiger partial charge in [-0.15, -0.1) is 13.2 Å². The molecule has 0 aromatic heterocycles. The van der Waals surface area contributed by atoms with Gasteiger partial charge in [0.2, 0.25) is 11.8 Å². The smallest absolute Gasteiger partial charge is 0.313 e. The van der Waals surface area contributed by atoms with Crippen LogP contribution in [0.15, 0.2) is 73.8 Å². The monoisotopic (exact) mass is 793 g/mol. The molecule has 3 aliphatic rings. The van der Waals surface area contributed by atoms with Crippen molar-refractivity contribution in [1.29, 1.82) is 0 Å². The Kier molecular flexibility index (Phi) is 13.7. The second kappa shape index (κ2) is 18.0. The summed E-state index contributed by atoms with van der Waals surface area (Å²) in [5.74, 6) is -3.55. The number of para-hydroxylation sites is 1. The third-order valence-electron chi connectivity index (χ3n) is 10.6. The quantitative estimate of drug-likeness (QED) is 0.0868. The van der Waals surface area contributed by atoms with Crippen molar-refractivity contribution in [3.63, 3.8) is 0 Å². The molecule has 3 amide bonds. The molecule has 2 aromatic carbocycles. The molecule has 2 N–H and O–H groups in total. The number of fused-ring (bicyclic) bond motifs is 1. The number of ether oxygens (including phenoxy) is 3. The van der Waals surface area contributed by atoms with E-state index in [0.717, 1.165) is 16.8 Å². The second-order valence-corrected chi connectivity index (χ2v) is 15.4. The van der Waals surface area contributed by atoms with Crippen LogP contribution in [0.3, 0.4) is 0 Å². The van der Waals surface area contributed by atoms with Gasteiger partial charge in [0.25, 0.3) is 5.91 Å². The van der Waals surface area contributed by atoms with Gasteiger partial charge in [-0.2, -0.15) is 0 Å². The normalized spacial score (nSPS) is 25.4. The van der Waals surface area contributed by atoms with Crippen LogP contribution in [0.1, 0.15) is 61.3 Å². The number of allylic oxidation sites excluding steroid dienone is 1. The van der Waals surface area contributed by atoms with Gasteiger partial charge in [-0.3, -0.25) is 19.2 Å². The minimum Gasteiger partial charge on any atom is -0.455 e. The Morgan fingerprint density at radius 1 is 1.09 bits per heavy atom. The molecule has 2 bridgehead atoms. The largest absolute Gasteiger partial charge is 0.455 e. The first kappa shape index (κ1) is 40.3. The number of halogens is 1. The molecule has 5 rings (SSSR count). The first-order valence-corrected chi connectivity index (χ1v) is 19.3. The molecule has 0 saturated carbocycles. The van der Waals surface area contributed by atoms with Crippen molar-refractivity contribution >= 4 is 45.3 Å². The van der Waals surface area contributed by atoms with Crippen LogP contribution in [0, 0.1) is 25.7 Å². The molecule has 1 unspecified atom stereocenters. The summed E-state index contributed by atoms with van der Waals surface area (Å²) in [6.45, 7) is 12.1. The molecule has 2 aromatic rings. The van der Waals surface area contributed by atoms with E-state index in [-0.39, 0.29) is 55.3 Å². The van der Waals surface area contributed by atoms with E-state index < -0.39 is 47.7 Å². The zero-order chi connectivity index (χ0) is 38.3. The number of aryl methyl sites for hydroxylation is 2. The molecule has 3 fully saturated rings. The molecule has 3 saturated heterocycles. The van der Waals surface area contributed by atoms with E-state index in [2.05, 4.69) is 34.4 Å². The lowest BCUT2D eigenvalue weighted by Gasteiger charge is -2.38. The zero-order valence-corrected chi connectivity index (χ0v) is 32.5. The number of nitrogens with zero attached hydrogens (tertiary/aromatic N) is 2. The molecule has 8 atom stereocenters. The molecule has 286 valence electrons. The van der Waals surface area contributed by atoms with Crippen LogP contribution in [0.25, 0.3) is 0 Å². The Morgan fingerprint density at radius 2 is 1.81 bits per heavy atom. The number of likely N-dealkylation sites (tertiary alicyclic amines) is 1. The van der Waals surface area contributed by atoms with Gasteiger partial charge in [0, 0.05) is 43.7 Å². The summed E-state index contributed by atoms with van der Waals surface area (Å²) in [6, 6.07) is 13.2. The first-order valence-electron chi connectivity index (χ1n) is 18.4. The zero-order valence-electron chi connectivity index (χ0n) is 30.9. The molecule has 3 heterocycles. The van der Waals surface area contributed by atoms with Crippen LogP contribution >= 0.6 is 15.9 Å². The maximum Gasteiger partial charge on any atom is 0.313 e. The Labute approximate surface area is 320 Å². The fourth-order valence-corrected chi connectivity index (χ4v) is 9.36. The van der Waals surface area contributed by atoms with E-state index in [1.165, 1.54) is 7.11 Å². The van der Waals surface area contributed by atoms with Gasteiger partial charge in [0.15, 0.2) is 0 Å². The van der Waals surface area contributed by atoms with Crippen molar-refractivity contribution in [2.75, 3.05) is 38.3 Å². The van der Waals surface area contributed by atoms with Crippen LogP contribution in [-0.4, -0.2) is 95.7 Å². The topological polar surface area (TPSA) is 135 Å². The highest BCUT2D eigenvalue weighted by Gasteiger charge is 2.77. The number of carbonyl (C=O) groups excluding carboxylic acids is 4. The summed E-state index contributed by atoms with van der Waals surface area (Å²) in [7, 11) is 1.51. The highest BCUT2D eigenvalue weighted by Crippen LogP contribution is 2.60. The minimum absolute atomic E-state index is 0.0217. The number of carbonyl (C=O) groups is 4. The summed E-state index contributed by atoms with van der Waals surface area (Å²) in [6.07, 6.45) is 4.42. The average Bonchev–Trinajstić information content (AvgIpc) is 3.73. The summed E-state index contributed by atoms with van der Waals surface area (Å²) in [4.78, 5) is 60.3. The van der Waals surface area contributed by atoms with Crippen molar-refractivity contribution < 1.29 is 38.5 Å². The standard InChI is InChI=1S/C41H52BrN3O8/c1-6-8-20-31(47)43-30(25-51-5)35(28-18-11-9-12-19-28)52-40(50)32-33-38(48)45(22-13-10-14-23-46)37(41(33)24-29(42)36(32)53-41)39(49)44(21-7-2)34-26(3)16-15-17-27(34)4/h6-7,9,11-12,15-19,29-30,32-33,35-37,46H,1-2,8,10,13-14,20-25H2,3-5H3,(H,43,47)/t29?,30-,32-,33+,35-,36-,37-,41+/m0/s1. The summed E-state index contributed by atoms with van der Waals surface area (Å²) in [5, 5.41) is 12.4. The van der Waals surface area contributed by atoms with Crippen LogP contribution < -0.4 is 10.2 Å². The Morgan fingerprint density at radius 3 is 2.45 bits per heavy atom. The lowest BCUT2D eigenvalue weighted by Crippen LogP contribution is -2.57. The van der Waals surface area contributed by atoms with Crippen molar-refractivity contribution in [2.24, 2.45) is 11.8 Å². The number of esters is 1. The second-order valence-electron chi connectivity index (χ2n) is 14.2. The molecule has 3 aliphatic heterocycles. The van der Waals surface area contributed by atoms with Crippen LogP contribution in [-0.2, 0) is 33.4 Å². The number of hydrogen-bond donors (Lipinski definition) is 2. The Hall–Kier alpha value is -3.84. The number of aliphatic hydroxyl groups is 1. The SMILES string of the molecule is C=CCCC(=O)N[C@@H](COC)[C@@H](OC(=O)[C@@H]1[C@H]2O[C@@]3(CC2Br)[C@H](C(=O)N(CC=C)c2c(C)cccc2C)N(CCCCCO)C(=O)[C@@H]13)c1ccccc1. The predicted octanol–water partition coefficient (Wildman–Crippen LogP) is 5.11. The van der Waals surface area contributed by atoms with Gasteiger partial charge in [0.05, 0.1) is 30.6 Å². The maximum atomic E-state index is 15.1. The van der Waals surface area contributed by atoms with Crippen molar-refractivity contribution in [2.45, 2.75) is 87.1 Å². The number of anilines is 1. The van der Waals surface area contributed by atoms with Gasteiger partial charge in [-0.05, 0) is 62.6 Å². The number of benzene rings is 2. The molecule has 12 heteroatoms. The number of unbranched alkanes of at least 4 members (excludes halogenated alkanes) is 2. The van der Waals surface area contributed by atoms with Gasteiger partial charge in [0.1, 0.15) is 17.7 Å². The average molecular weight is 795 g/mol. The Balaban J connectivity index is 1.54. The van der Waals surface area contributed by atoms with E-state index in [4.69, 9.17) is 14.2 Å². The van der Waals surface area contributed by atoms with Gasteiger partial charge in [-0.1, -0.05) is 76.6 Å². The van der Waals surface area contributed by atoms with E-state index in [1.54, 1.807) is 22.0 Å². The van der Waals surface area contributed by atoms with E-state index in [1.807, 2.05) is 62.4 Å². The molecule has 1 spiro atoms. The number of nitrogens with one attached hydrogen (secondary N) is 1. The maximum absolute atomic E-state index is 15.1. The van der Waals surface area contributed by atoms with E-state index in [9.17, 15) is 19.5 Å². The van der Waals surface area contributed by atoms with Crippen molar-refractivity contribution in [1.82, 2.24) is 10.2 Å². The fraction of sp³-hybridized carbons (Fsp3) is 0.512. The molecule has 53 heavy (non-hydrogen) atoms. The fourth-order valence-electron chi connectivity index (χ4n) is 8.41.